The normalized spacial score (nSPS) is 17.5. The van der Waals surface area contributed by atoms with E-state index in [2.05, 4.69) is 20.4 Å². The fourth-order valence-electron chi connectivity index (χ4n) is 3.17. The standard InChI is InChI=1S/C17H23N5O2/c1-10(2)16-15(11(3)24-21-16)17(23)22-7-5-6-13(22)12-8-19-9-14(18-4)20-12/h8-10,13H,5-7H2,1-4H3,(H,18,20). The molecule has 0 saturated carbocycles. The number of likely N-dealkylation sites (tertiary alicyclic amines) is 1. The lowest BCUT2D eigenvalue weighted by Crippen LogP contribution is -2.32. The minimum Gasteiger partial charge on any atom is -0.372 e. The zero-order chi connectivity index (χ0) is 17.3. The second-order valence-electron chi connectivity index (χ2n) is 6.39. The van der Waals surface area contributed by atoms with Crippen LogP contribution in [0.25, 0.3) is 0 Å². The Morgan fingerprint density at radius 1 is 1.42 bits per heavy atom. The van der Waals surface area contributed by atoms with E-state index in [1.54, 1.807) is 26.4 Å². The number of hydrogen-bond donors (Lipinski definition) is 1. The van der Waals surface area contributed by atoms with E-state index in [9.17, 15) is 4.79 Å². The van der Waals surface area contributed by atoms with Gasteiger partial charge in [-0.3, -0.25) is 9.78 Å². The van der Waals surface area contributed by atoms with E-state index in [4.69, 9.17) is 4.52 Å². The summed E-state index contributed by atoms with van der Waals surface area (Å²) in [7, 11) is 1.81. The minimum atomic E-state index is -0.0624. The third-order valence-corrected chi connectivity index (χ3v) is 4.41. The van der Waals surface area contributed by atoms with Gasteiger partial charge in [-0.2, -0.15) is 0 Å². The van der Waals surface area contributed by atoms with Crippen LogP contribution in [0.3, 0.4) is 0 Å². The van der Waals surface area contributed by atoms with Gasteiger partial charge in [0.05, 0.1) is 29.8 Å². The summed E-state index contributed by atoms with van der Waals surface area (Å²) in [5.41, 5.74) is 2.13. The van der Waals surface area contributed by atoms with E-state index < -0.39 is 0 Å². The Morgan fingerprint density at radius 3 is 2.92 bits per heavy atom. The van der Waals surface area contributed by atoms with Gasteiger partial charge in [0.1, 0.15) is 17.1 Å². The quantitative estimate of drug-likeness (QED) is 0.928. The third kappa shape index (κ3) is 2.86. The summed E-state index contributed by atoms with van der Waals surface area (Å²) in [6, 6.07) is -0.0624. The predicted molar refractivity (Wildman–Crippen MR) is 89.9 cm³/mol. The molecule has 1 aliphatic rings. The molecule has 0 aliphatic carbocycles. The van der Waals surface area contributed by atoms with Gasteiger partial charge in [0.2, 0.25) is 0 Å². The molecule has 0 spiro atoms. The Hall–Kier alpha value is -2.44. The topological polar surface area (TPSA) is 84.2 Å². The lowest BCUT2D eigenvalue weighted by Gasteiger charge is -2.24. The molecule has 1 N–H and O–H groups in total. The van der Waals surface area contributed by atoms with Crippen LogP contribution in [0.5, 0.6) is 0 Å². The molecule has 7 nitrogen and oxygen atoms in total. The van der Waals surface area contributed by atoms with Crippen molar-refractivity contribution in [1.29, 1.82) is 0 Å². The van der Waals surface area contributed by atoms with Crippen LogP contribution in [-0.2, 0) is 0 Å². The first-order valence-electron chi connectivity index (χ1n) is 8.29. The van der Waals surface area contributed by atoms with Crippen LogP contribution in [0.2, 0.25) is 0 Å². The SMILES string of the molecule is CNc1cncc(C2CCCN2C(=O)c2c(C(C)C)noc2C)n1. The molecule has 1 saturated heterocycles. The Labute approximate surface area is 141 Å². The lowest BCUT2D eigenvalue weighted by molar-refractivity contribution is 0.0729. The molecule has 1 aliphatic heterocycles. The van der Waals surface area contributed by atoms with Crippen LogP contribution >= 0.6 is 0 Å². The molecule has 1 atom stereocenters. The van der Waals surface area contributed by atoms with Gasteiger partial charge in [0, 0.05) is 13.6 Å². The molecule has 1 unspecified atom stereocenters. The van der Waals surface area contributed by atoms with Crippen LogP contribution < -0.4 is 5.32 Å². The van der Waals surface area contributed by atoms with E-state index in [0.717, 1.165) is 24.2 Å². The van der Waals surface area contributed by atoms with Gasteiger partial charge < -0.3 is 14.7 Å². The molecule has 24 heavy (non-hydrogen) atoms. The minimum absolute atomic E-state index is 0.0309. The van der Waals surface area contributed by atoms with Crippen molar-refractivity contribution in [3.05, 3.63) is 35.1 Å². The molecule has 7 heteroatoms. The van der Waals surface area contributed by atoms with Gasteiger partial charge in [0.25, 0.3) is 5.91 Å². The maximum Gasteiger partial charge on any atom is 0.259 e. The van der Waals surface area contributed by atoms with Crippen molar-refractivity contribution in [2.75, 3.05) is 18.9 Å². The van der Waals surface area contributed by atoms with Crippen LogP contribution in [0.4, 0.5) is 5.82 Å². The maximum atomic E-state index is 13.2. The van der Waals surface area contributed by atoms with Gasteiger partial charge in [0.15, 0.2) is 0 Å². The summed E-state index contributed by atoms with van der Waals surface area (Å²) in [5, 5.41) is 7.07. The largest absolute Gasteiger partial charge is 0.372 e. The number of aryl methyl sites for hydroxylation is 1. The number of carbonyl (C=O) groups excluding carboxylic acids is 1. The number of rotatable bonds is 4. The predicted octanol–water partition coefficient (Wildman–Crippen LogP) is 2.92. The number of carbonyl (C=O) groups is 1. The highest BCUT2D eigenvalue weighted by Gasteiger charge is 2.35. The Bertz CT molecular complexity index is 740. The summed E-state index contributed by atoms with van der Waals surface area (Å²) < 4.78 is 5.28. The monoisotopic (exact) mass is 329 g/mol. The van der Waals surface area contributed by atoms with Crippen molar-refractivity contribution in [1.82, 2.24) is 20.0 Å². The first-order chi connectivity index (χ1) is 11.5. The van der Waals surface area contributed by atoms with E-state index in [0.29, 0.717) is 23.7 Å². The molecule has 3 rings (SSSR count). The fourth-order valence-corrected chi connectivity index (χ4v) is 3.17. The zero-order valence-electron chi connectivity index (χ0n) is 14.5. The molecule has 3 heterocycles. The summed E-state index contributed by atoms with van der Waals surface area (Å²) in [5.74, 6) is 1.38. The highest BCUT2D eigenvalue weighted by atomic mass is 16.5. The second kappa shape index (κ2) is 6.59. The van der Waals surface area contributed by atoms with Gasteiger partial charge in [-0.05, 0) is 25.7 Å². The first kappa shape index (κ1) is 16.4. The summed E-state index contributed by atoms with van der Waals surface area (Å²) in [4.78, 5) is 23.8. The summed E-state index contributed by atoms with van der Waals surface area (Å²) in [6.07, 6.45) is 5.24. The smallest absolute Gasteiger partial charge is 0.259 e. The van der Waals surface area contributed by atoms with Gasteiger partial charge >= 0.3 is 0 Å². The van der Waals surface area contributed by atoms with E-state index in [1.807, 2.05) is 18.7 Å². The molecule has 2 aromatic rings. The average molecular weight is 329 g/mol. The molecule has 0 bridgehead atoms. The van der Waals surface area contributed by atoms with E-state index in [-0.39, 0.29) is 17.9 Å². The average Bonchev–Trinajstić information content (AvgIpc) is 3.21. The zero-order valence-corrected chi connectivity index (χ0v) is 14.5. The number of anilines is 1. The lowest BCUT2D eigenvalue weighted by atomic mass is 10.0. The van der Waals surface area contributed by atoms with Crippen molar-refractivity contribution in [2.45, 2.75) is 45.6 Å². The number of nitrogens with one attached hydrogen (secondary N) is 1. The maximum absolute atomic E-state index is 13.2. The second-order valence-corrected chi connectivity index (χ2v) is 6.39. The molecule has 0 aromatic carbocycles. The van der Waals surface area contributed by atoms with Crippen LogP contribution in [-0.4, -0.2) is 39.5 Å². The molecular weight excluding hydrogens is 306 g/mol. The van der Waals surface area contributed by atoms with Crippen LogP contribution in [0.15, 0.2) is 16.9 Å². The van der Waals surface area contributed by atoms with E-state index in [1.165, 1.54) is 0 Å². The Balaban J connectivity index is 1.93. The number of hydrogen-bond acceptors (Lipinski definition) is 6. The highest BCUT2D eigenvalue weighted by Crippen LogP contribution is 2.34. The number of amides is 1. The Morgan fingerprint density at radius 2 is 2.21 bits per heavy atom. The molecule has 128 valence electrons. The van der Waals surface area contributed by atoms with E-state index >= 15 is 0 Å². The van der Waals surface area contributed by atoms with Gasteiger partial charge in [-0.1, -0.05) is 19.0 Å². The first-order valence-corrected chi connectivity index (χ1v) is 8.29. The van der Waals surface area contributed by atoms with Crippen LogP contribution in [0.1, 0.15) is 66.2 Å². The Kier molecular flexibility index (Phi) is 4.51. The summed E-state index contributed by atoms with van der Waals surface area (Å²) in [6.45, 7) is 6.52. The third-order valence-electron chi connectivity index (χ3n) is 4.41. The van der Waals surface area contributed by atoms with Gasteiger partial charge in [-0.25, -0.2) is 4.98 Å². The molecule has 2 aromatic heterocycles. The van der Waals surface area contributed by atoms with Crippen molar-refractivity contribution in [3.63, 3.8) is 0 Å². The molecular formula is C17H23N5O2. The van der Waals surface area contributed by atoms with Crippen molar-refractivity contribution in [2.24, 2.45) is 0 Å². The fraction of sp³-hybridized carbons (Fsp3) is 0.529. The summed E-state index contributed by atoms with van der Waals surface area (Å²) >= 11 is 0. The molecule has 1 amide bonds. The molecule has 1 fully saturated rings. The van der Waals surface area contributed by atoms with Gasteiger partial charge in [-0.15, -0.1) is 0 Å². The van der Waals surface area contributed by atoms with Crippen molar-refractivity contribution in [3.8, 4) is 0 Å². The number of aromatic nitrogens is 3. The van der Waals surface area contributed by atoms with Crippen LogP contribution in [0, 0.1) is 6.92 Å². The van der Waals surface area contributed by atoms with Crippen molar-refractivity contribution < 1.29 is 9.32 Å². The number of nitrogens with zero attached hydrogens (tertiary/aromatic N) is 4. The molecule has 0 radical (unpaired) electrons. The highest BCUT2D eigenvalue weighted by molar-refractivity contribution is 5.96. The van der Waals surface area contributed by atoms with Crippen molar-refractivity contribution >= 4 is 11.7 Å².